The van der Waals surface area contributed by atoms with Crippen LogP contribution < -0.4 is 9.47 Å². The van der Waals surface area contributed by atoms with Crippen molar-refractivity contribution >= 4 is 5.91 Å². The predicted molar refractivity (Wildman–Crippen MR) is 81.7 cm³/mol. The summed E-state index contributed by atoms with van der Waals surface area (Å²) in [6.07, 6.45) is 0. The molecule has 0 aliphatic rings. The molecule has 0 aromatic heterocycles. The minimum absolute atomic E-state index is 0.148. The summed E-state index contributed by atoms with van der Waals surface area (Å²) in [5, 5.41) is 0. The van der Waals surface area contributed by atoms with Crippen molar-refractivity contribution in [2.75, 3.05) is 21.3 Å². The van der Waals surface area contributed by atoms with E-state index in [0.29, 0.717) is 23.6 Å². The minimum atomic E-state index is -0.294. The lowest BCUT2D eigenvalue weighted by atomic mass is 10.1. The maximum absolute atomic E-state index is 12.9. The van der Waals surface area contributed by atoms with Crippen molar-refractivity contribution in [3.63, 3.8) is 0 Å². The molecule has 2 aromatic rings. The smallest absolute Gasteiger partial charge is 0.254 e. The number of benzene rings is 2. The van der Waals surface area contributed by atoms with Gasteiger partial charge in [0.25, 0.3) is 5.91 Å². The van der Waals surface area contributed by atoms with Crippen LogP contribution in [0.3, 0.4) is 0 Å². The zero-order valence-electron chi connectivity index (χ0n) is 12.8. The molecule has 0 aliphatic heterocycles. The van der Waals surface area contributed by atoms with E-state index in [-0.39, 0.29) is 11.7 Å². The number of halogens is 1. The Bertz CT molecular complexity index is 655. The van der Waals surface area contributed by atoms with Gasteiger partial charge in [0.1, 0.15) is 5.82 Å². The second kappa shape index (κ2) is 6.93. The fraction of sp³-hybridized carbons (Fsp3) is 0.235. The number of nitrogens with zero attached hydrogens (tertiary/aromatic N) is 1. The molecular weight excluding hydrogens is 285 g/mol. The van der Waals surface area contributed by atoms with Crippen LogP contribution in [0.5, 0.6) is 11.5 Å². The normalized spacial score (nSPS) is 10.2. The van der Waals surface area contributed by atoms with E-state index in [9.17, 15) is 9.18 Å². The van der Waals surface area contributed by atoms with Crippen LogP contribution in [-0.4, -0.2) is 32.1 Å². The van der Waals surface area contributed by atoms with Crippen molar-refractivity contribution in [1.29, 1.82) is 0 Å². The number of methoxy groups -OCH3 is 2. The quantitative estimate of drug-likeness (QED) is 0.852. The Kier molecular flexibility index (Phi) is 4.99. The monoisotopic (exact) mass is 303 g/mol. The molecule has 5 heteroatoms. The average Bonchev–Trinajstić information content (AvgIpc) is 2.55. The standard InChI is InChI=1S/C17H18FNO3/c1-19(11-12-4-7-14(18)8-5-12)17(20)13-6-9-15(21-2)16(10-13)22-3/h4-10H,11H2,1-3H3. The van der Waals surface area contributed by atoms with Crippen molar-refractivity contribution < 1.29 is 18.7 Å². The third-order valence-corrected chi connectivity index (χ3v) is 3.31. The third-order valence-electron chi connectivity index (χ3n) is 3.31. The average molecular weight is 303 g/mol. The SMILES string of the molecule is COc1ccc(C(=O)N(C)Cc2ccc(F)cc2)cc1OC. The number of amides is 1. The van der Waals surface area contributed by atoms with Crippen LogP contribution in [0.25, 0.3) is 0 Å². The van der Waals surface area contributed by atoms with Gasteiger partial charge in [-0.2, -0.15) is 0 Å². The first-order valence-electron chi connectivity index (χ1n) is 6.77. The maximum atomic E-state index is 12.9. The largest absolute Gasteiger partial charge is 0.493 e. The van der Waals surface area contributed by atoms with E-state index < -0.39 is 0 Å². The summed E-state index contributed by atoms with van der Waals surface area (Å²) >= 11 is 0. The van der Waals surface area contributed by atoms with Crippen molar-refractivity contribution in [3.8, 4) is 11.5 Å². The molecule has 4 nitrogen and oxygen atoms in total. The number of hydrogen-bond donors (Lipinski definition) is 0. The fourth-order valence-corrected chi connectivity index (χ4v) is 2.13. The maximum Gasteiger partial charge on any atom is 0.254 e. The first kappa shape index (κ1) is 15.8. The van der Waals surface area contributed by atoms with Gasteiger partial charge in [-0.3, -0.25) is 4.79 Å². The molecule has 0 saturated heterocycles. The van der Waals surface area contributed by atoms with Crippen LogP contribution in [-0.2, 0) is 6.54 Å². The molecule has 22 heavy (non-hydrogen) atoms. The number of rotatable bonds is 5. The Morgan fingerprint density at radius 3 is 2.27 bits per heavy atom. The molecule has 0 N–H and O–H groups in total. The molecule has 0 atom stereocenters. The molecule has 0 aliphatic carbocycles. The van der Waals surface area contributed by atoms with E-state index in [1.165, 1.54) is 19.2 Å². The molecular formula is C17H18FNO3. The van der Waals surface area contributed by atoms with Crippen LogP contribution in [0.15, 0.2) is 42.5 Å². The van der Waals surface area contributed by atoms with Gasteiger partial charge in [-0.1, -0.05) is 12.1 Å². The van der Waals surface area contributed by atoms with Crippen molar-refractivity contribution in [1.82, 2.24) is 4.90 Å². The summed E-state index contributed by atoms with van der Waals surface area (Å²) in [6.45, 7) is 0.396. The topological polar surface area (TPSA) is 38.8 Å². The van der Waals surface area contributed by atoms with E-state index in [1.807, 2.05) is 0 Å². The van der Waals surface area contributed by atoms with E-state index in [0.717, 1.165) is 5.56 Å². The second-order valence-electron chi connectivity index (χ2n) is 4.86. The van der Waals surface area contributed by atoms with Gasteiger partial charge < -0.3 is 14.4 Å². The summed E-state index contributed by atoms with van der Waals surface area (Å²) < 4.78 is 23.2. The van der Waals surface area contributed by atoms with Gasteiger partial charge in [0, 0.05) is 19.2 Å². The Hall–Kier alpha value is -2.56. The number of hydrogen-bond acceptors (Lipinski definition) is 3. The number of carbonyl (C=O) groups is 1. The van der Waals surface area contributed by atoms with Gasteiger partial charge in [0.05, 0.1) is 14.2 Å². The van der Waals surface area contributed by atoms with Crippen LogP contribution in [0, 0.1) is 5.82 Å². The van der Waals surface area contributed by atoms with Crippen molar-refractivity contribution in [2.24, 2.45) is 0 Å². The van der Waals surface area contributed by atoms with Gasteiger partial charge >= 0.3 is 0 Å². The summed E-state index contributed by atoms with van der Waals surface area (Å²) in [4.78, 5) is 14.0. The minimum Gasteiger partial charge on any atom is -0.493 e. The Balaban J connectivity index is 2.14. The zero-order chi connectivity index (χ0) is 16.1. The van der Waals surface area contributed by atoms with Crippen LogP contribution in [0.2, 0.25) is 0 Å². The molecule has 1 amide bonds. The molecule has 0 bridgehead atoms. The lowest BCUT2D eigenvalue weighted by Gasteiger charge is -2.18. The van der Waals surface area contributed by atoms with Gasteiger partial charge in [-0.15, -0.1) is 0 Å². The molecule has 2 aromatic carbocycles. The lowest BCUT2D eigenvalue weighted by Crippen LogP contribution is -2.26. The molecule has 2 rings (SSSR count). The molecule has 0 heterocycles. The Labute approximate surface area is 129 Å². The predicted octanol–water partition coefficient (Wildman–Crippen LogP) is 3.12. The molecule has 0 saturated carbocycles. The van der Waals surface area contributed by atoms with Gasteiger partial charge in [0.15, 0.2) is 11.5 Å². The highest BCUT2D eigenvalue weighted by Crippen LogP contribution is 2.28. The molecule has 0 fully saturated rings. The van der Waals surface area contributed by atoms with Gasteiger partial charge in [-0.05, 0) is 35.9 Å². The third kappa shape index (κ3) is 3.55. The summed E-state index contributed by atoms with van der Waals surface area (Å²) in [5.41, 5.74) is 1.36. The van der Waals surface area contributed by atoms with Crippen LogP contribution >= 0.6 is 0 Å². The summed E-state index contributed by atoms with van der Waals surface area (Å²) in [6, 6.07) is 11.1. The summed E-state index contributed by atoms with van der Waals surface area (Å²) in [5.74, 6) is 0.631. The summed E-state index contributed by atoms with van der Waals surface area (Å²) in [7, 11) is 4.76. The van der Waals surface area contributed by atoms with E-state index in [1.54, 1.807) is 49.4 Å². The van der Waals surface area contributed by atoms with Crippen molar-refractivity contribution in [2.45, 2.75) is 6.54 Å². The first-order valence-corrected chi connectivity index (χ1v) is 6.77. The van der Waals surface area contributed by atoms with Crippen molar-refractivity contribution in [3.05, 3.63) is 59.4 Å². The highest BCUT2D eigenvalue weighted by Gasteiger charge is 2.15. The van der Waals surface area contributed by atoms with Gasteiger partial charge in [-0.25, -0.2) is 4.39 Å². The fourth-order valence-electron chi connectivity index (χ4n) is 2.13. The molecule has 116 valence electrons. The zero-order valence-corrected chi connectivity index (χ0v) is 12.8. The molecule has 0 radical (unpaired) electrons. The van der Waals surface area contributed by atoms with Gasteiger partial charge in [0.2, 0.25) is 0 Å². The highest BCUT2D eigenvalue weighted by atomic mass is 19.1. The van der Waals surface area contributed by atoms with E-state index >= 15 is 0 Å². The van der Waals surface area contributed by atoms with E-state index in [2.05, 4.69) is 0 Å². The lowest BCUT2D eigenvalue weighted by molar-refractivity contribution is 0.0784. The molecule has 0 spiro atoms. The molecule has 0 unspecified atom stereocenters. The Morgan fingerprint density at radius 1 is 1.05 bits per heavy atom. The van der Waals surface area contributed by atoms with Crippen LogP contribution in [0.4, 0.5) is 4.39 Å². The second-order valence-corrected chi connectivity index (χ2v) is 4.86. The first-order chi connectivity index (χ1) is 10.5. The van der Waals surface area contributed by atoms with Crippen LogP contribution in [0.1, 0.15) is 15.9 Å². The highest BCUT2D eigenvalue weighted by molar-refractivity contribution is 5.94. The number of ether oxygens (including phenoxy) is 2. The number of carbonyl (C=O) groups excluding carboxylic acids is 1. The Morgan fingerprint density at radius 2 is 1.68 bits per heavy atom. The van der Waals surface area contributed by atoms with E-state index in [4.69, 9.17) is 9.47 Å².